The lowest BCUT2D eigenvalue weighted by atomic mass is 10.2. The second-order valence-electron chi connectivity index (χ2n) is 3.66. The molecular weight excluding hydrogens is 254 g/mol. The second kappa shape index (κ2) is 5.34. The van der Waals surface area contributed by atoms with Crippen LogP contribution in [0.4, 0.5) is 0 Å². The molecule has 0 radical (unpaired) electrons. The minimum Gasteiger partial charge on any atom is -0.308 e. The average Bonchev–Trinajstić information content (AvgIpc) is 2.40. The Morgan fingerprint density at radius 2 is 2.33 bits per heavy atom. The van der Waals surface area contributed by atoms with E-state index in [-0.39, 0.29) is 0 Å². The first-order valence-electron chi connectivity index (χ1n) is 4.91. The van der Waals surface area contributed by atoms with Gasteiger partial charge in [-0.05, 0) is 29.8 Å². The number of nitrogens with one attached hydrogen (secondary N) is 1. The molecule has 1 N–H and O–H groups in total. The van der Waals surface area contributed by atoms with Crippen LogP contribution >= 0.6 is 15.9 Å². The quantitative estimate of drug-likeness (QED) is 0.848. The van der Waals surface area contributed by atoms with Crippen molar-refractivity contribution in [1.29, 1.82) is 0 Å². The van der Waals surface area contributed by atoms with Gasteiger partial charge in [0.15, 0.2) is 0 Å². The van der Waals surface area contributed by atoms with E-state index in [1.807, 2.05) is 18.7 Å². The summed E-state index contributed by atoms with van der Waals surface area (Å²) in [5.74, 6) is 2.64. The minimum atomic E-state index is 0.331. The lowest BCUT2D eigenvalue weighted by Gasteiger charge is -2.11. The average molecular weight is 270 g/mol. The van der Waals surface area contributed by atoms with Crippen molar-refractivity contribution < 1.29 is 0 Å². The van der Waals surface area contributed by atoms with Gasteiger partial charge >= 0.3 is 0 Å². The zero-order valence-electron chi connectivity index (χ0n) is 9.34. The summed E-state index contributed by atoms with van der Waals surface area (Å²) < 4.78 is 2.96. The molecule has 0 fully saturated rings. The molecule has 15 heavy (non-hydrogen) atoms. The predicted octanol–water partition coefficient (Wildman–Crippen LogP) is 1.99. The summed E-state index contributed by atoms with van der Waals surface area (Å²) in [4.78, 5) is 0. The molecule has 82 valence electrons. The van der Waals surface area contributed by atoms with Crippen LogP contribution in [0.25, 0.3) is 0 Å². The van der Waals surface area contributed by atoms with Gasteiger partial charge in [0.25, 0.3) is 0 Å². The third-order valence-electron chi connectivity index (χ3n) is 2.30. The van der Waals surface area contributed by atoms with Crippen LogP contribution in [0.5, 0.6) is 0 Å². The van der Waals surface area contributed by atoms with Crippen molar-refractivity contribution in [3.8, 4) is 12.3 Å². The molecule has 3 nitrogen and oxygen atoms in total. The zero-order chi connectivity index (χ0) is 11.4. The smallest absolute Gasteiger partial charge is 0.0739 e. The van der Waals surface area contributed by atoms with E-state index >= 15 is 0 Å². The van der Waals surface area contributed by atoms with Gasteiger partial charge in [-0.1, -0.05) is 0 Å². The van der Waals surface area contributed by atoms with Gasteiger partial charge in [-0.3, -0.25) is 4.68 Å². The standard InChI is InChI=1S/C11H16BrN3/c1-5-6-8(2)13-7-10-11(12)9(3)14-15(10)4/h1,8,13H,6-7H2,2-4H3. The highest BCUT2D eigenvalue weighted by molar-refractivity contribution is 9.10. The molecule has 1 aromatic rings. The molecule has 1 aromatic heterocycles. The van der Waals surface area contributed by atoms with E-state index < -0.39 is 0 Å². The molecule has 0 aromatic carbocycles. The van der Waals surface area contributed by atoms with Gasteiger partial charge in [-0.15, -0.1) is 12.3 Å². The number of nitrogens with zero attached hydrogens (tertiary/aromatic N) is 2. The fourth-order valence-electron chi connectivity index (χ4n) is 1.39. The summed E-state index contributed by atoms with van der Waals surface area (Å²) in [5, 5.41) is 7.69. The Hall–Kier alpha value is -0.790. The predicted molar refractivity (Wildman–Crippen MR) is 65.4 cm³/mol. The Morgan fingerprint density at radius 1 is 1.67 bits per heavy atom. The van der Waals surface area contributed by atoms with Gasteiger partial charge in [0.05, 0.1) is 15.9 Å². The summed E-state index contributed by atoms with van der Waals surface area (Å²) in [6.07, 6.45) is 5.99. The highest BCUT2D eigenvalue weighted by atomic mass is 79.9. The van der Waals surface area contributed by atoms with E-state index in [1.165, 1.54) is 0 Å². The summed E-state index contributed by atoms with van der Waals surface area (Å²) >= 11 is 3.53. The van der Waals surface area contributed by atoms with E-state index in [4.69, 9.17) is 6.42 Å². The zero-order valence-corrected chi connectivity index (χ0v) is 10.9. The topological polar surface area (TPSA) is 29.9 Å². The summed E-state index contributed by atoms with van der Waals surface area (Å²) in [7, 11) is 1.95. The van der Waals surface area contributed by atoms with Crippen molar-refractivity contribution in [2.24, 2.45) is 7.05 Å². The molecule has 1 unspecified atom stereocenters. The molecule has 0 amide bonds. The Kier molecular flexibility index (Phi) is 4.37. The van der Waals surface area contributed by atoms with Crippen LogP contribution in [0.15, 0.2) is 4.47 Å². The van der Waals surface area contributed by atoms with Crippen molar-refractivity contribution in [3.63, 3.8) is 0 Å². The van der Waals surface area contributed by atoms with Crippen LogP contribution in [0.3, 0.4) is 0 Å². The monoisotopic (exact) mass is 269 g/mol. The molecule has 0 aliphatic carbocycles. The number of rotatable bonds is 4. The maximum Gasteiger partial charge on any atom is 0.0739 e. The molecule has 0 saturated heterocycles. The van der Waals surface area contributed by atoms with Crippen LogP contribution in [-0.2, 0) is 13.6 Å². The van der Waals surface area contributed by atoms with E-state index in [2.05, 4.69) is 39.2 Å². The Balaban J connectivity index is 2.62. The minimum absolute atomic E-state index is 0.331. The molecule has 1 rings (SSSR count). The third kappa shape index (κ3) is 3.08. The number of aryl methyl sites for hydroxylation is 2. The first-order valence-corrected chi connectivity index (χ1v) is 5.70. The molecule has 0 bridgehead atoms. The number of hydrogen-bond acceptors (Lipinski definition) is 2. The van der Waals surface area contributed by atoms with E-state index in [0.717, 1.165) is 28.8 Å². The molecule has 0 aliphatic heterocycles. The lowest BCUT2D eigenvalue weighted by Crippen LogP contribution is -2.26. The second-order valence-corrected chi connectivity index (χ2v) is 4.45. The summed E-state index contributed by atoms with van der Waals surface area (Å²) in [5.41, 5.74) is 2.16. The van der Waals surface area contributed by atoms with E-state index in [0.29, 0.717) is 6.04 Å². The van der Waals surface area contributed by atoms with Crippen LogP contribution in [-0.4, -0.2) is 15.8 Å². The van der Waals surface area contributed by atoms with Crippen molar-refractivity contribution in [3.05, 3.63) is 15.9 Å². The maximum atomic E-state index is 5.25. The van der Waals surface area contributed by atoms with Gasteiger partial charge in [-0.25, -0.2) is 0 Å². The van der Waals surface area contributed by atoms with Crippen molar-refractivity contribution >= 4 is 15.9 Å². The van der Waals surface area contributed by atoms with Crippen LogP contribution in [0.1, 0.15) is 24.7 Å². The molecule has 0 spiro atoms. The van der Waals surface area contributed by atoms with E-state index in [1.54, 1.807) is 0 Å². The molecular formula is C11H16BrN3. The number of aromatic nitrogens is 2. The molecule has 4 heteroatoms. The van der Waals surface area contributed by atoms with Crippen molar-refractivity contribution in [2.75, 3.05) is 0 Å². The molecule has 0 saturated carbocycles. The van der Waals surface area contributed by atoms with Crippen LogP contribution in [0, 0.1) is 19.3 Å². The number of hydrogen-bond donors (Lipinski definition) is 1. The highest BCUT2D eigenvalue weighted by Crippen LogP contribution is 2.19. The summed E-state index contributed by atoms with van der Waals surface area (Å²) in [6, 6.07) is 0.331. The van der Waals surface area contributed by atoms with E-state index in [9.17, 15) is 0 Å². The Morgan fingerprint density at radius 3 is 2.80 bits per heavy atom. The Bertz CT molecular complexity index is 376. The maximum absolute atomic E-state index is 5.25. The van der Waals surface area contributed by atoms with Gasteiger partial charge in [0.1, 0.15) is 0 Å². The first kappa shape index (κ1) is 12.3. The molecule has 0 aliphatic rings. The van der Waals surface area contributed by atoms with Crippen molar-refractivity contribution in [2.45, 2.75) is 32.9 Å². The SMILES string of the molecule is C#CCC(C)NCc1c(Br)c(C)nn1C. The molecule has 1 atom stereocenters. The molecule has 1 heterocycles. The fraction of sp³-hybridized carbons (Fsp3) is 0.545. The highest BCUT2D eigenvalue weighted by Gasteiger charge is 2.10. The lowest BCUT2D eigenvalue weighted by molar-refractivity contribution is 0.536. The van der Waals surface area contributed by atoms with Gasteiger partial charge in [0.2, 0.25) is 0 Å². The van der Waals surface area contributed by atoms with Crippen LogP contribution < -0.4 is 5.32 Å². The van der Waals surface area contributed by atoms with Crippen molar-refractivity contribution in [1.82, 2.24) is 15.1 Å². The van der Waals surface area contributed by atoms with Crippen LogP contribution in [0.2, 0.25) is 0 Å². The number of terminal acetylenes is 1. The number of halogens is 1. The Labute approximate surface area is 99.4 Å². The fourth-order valence-corrected chi connectivity index (χ4v) is 1.87. The van der Waals surface area contributed by atoms with Gasteiger partial charge in [0, 0.05) is 26.1 Å². The van der Waals surface area contributed by atoms with Gasteiger partial charge in [-0.2, -0.15) is 5.10 Å². The largest absolute Gasteiger partial charge is 0.308 e. The normalized spacial score (nSPS) is 12.5. The van der Waals surface area contributed by atoms with Gasteiger partial charge < -0.3 is 5.32 Å². The first-order chi connectivity index (χ1) is 7.06. The summed E-state index contributed by atoms with van der Waals surface area (Å²) in [6.45, 7) is 4.84. The third-order valence-corrected chi connectivity index (χ3v) is 3.34.